The molecular weight excluding hydrogens is 438 g/mol. The minimum Gasteiger partial charge on any atom is -0.859 e. The summed E-state index contributed by atoms with van der Waals surface area (Å²) in [5.74, 6) is -1.04. The summed E-state index contributed by atoms with van der Waals surface area (Å²) in [6.45, 7) is 1.69. The molecule has 3 heterocycles. The van der Waals surface area contributed by atoms with Crippen LogP contribution in [-0.4, -0.2) is 20.0 Å². The van der Waals surface area contributed by atoms with Crippen LogP contribution in [0.5, 0.6) is 5.88 Å². The zero-order valence-electron chi connectivity index (χ0n) is 18.6. The number of anilines is 1. The van der Waals surface area contributed by atoms with E-state index in [-0.39, 0.29) is 22.5 Å². The first-order valence-corrected chi connectivity index (χ1v) is 10.3. The van der Waals surface area contributed by atoms with Gasteiger partial charge in [0.05, 0.1) is 11.3 Å². The summed E-state index contributed by atoms with van der Waals surface area (Å²) in [7, 11) is 2.81. The van der Waals surface area contributed by atoms with Gasteiger partial charge in [-0.25, -0.2) is 4.79 Å². The van der Waals surface area contributed by atoms with Gasteiger partial charge in [0, 0.05) is 24.9 Å². The molecule has 1 amide bonds. The maximum absolute atomic E-state index is 13.1. The van der Waals surface area contributed by atoms with E-state index in [9.17, 15) is 24.3 Å². The first-order valence-electron chi connectivity index (χ1n) is 10.3. The fraction of sp³-hybridized carbons (Fsp3) is 0.125. The second kappa shape index (κ2) is 8.66. The van der Waals surface area contributed by atoms with Crippen LogP contribution in [0.2, 0.25) is 0 Å². The topological polar surface area (TPSA) is 133 Å². The van der Waals surface area contributed by atoms with Gasteiger partial charge in [-0.1, -0.05) is 36.4 Å². The third kappa shape index (κ3) is 3.71. The molecule has 0 radical (unpaired) electrons. The molecule has 1 aromatic carbocycles. The Bertz CT molecular complexity index is 1670. The van der Waals surface area contributed by atoms with E-state index in [0.29, 0.717) is 22.0 Å². The summed E-state index contributed by atoms with van der Waals surface area (Å²) in [4.78, 5) is 51.3. The maximum atomic E-state index is 13.1. The first-order chi connectivity index (χ1) is 16.2. The van der Waals surface area contributed by atoms with E-state index in [2.05, 4.69) is 10.1 Å². The van der Waals surface area contributed by atoms with Crippen LogP contribution in [0.25, 0.3) is 12.2 Å². The van der Waals surface area contributed by atoms with Crippen molar-refractivity contribution >= 4 is 23.7 Å². The number of nitrogens with zero attached hydrogens (tertiary/aromatic N) is 4. The molecule has 10 nitrogen and oxygen atoms in total. The fourth-order valence-electron chi connectivity index (χ4n) is 3.60. The van der Waals surface area contributed by atoms with Gasteiger partial charge in [0.25, 0.3) is 17.0 Å². The molecule has 0 bridgehead atoms. The number of hydrogen-bond donors (Lipinski definition) is 1. The monoisotopic (exact) mass is 458 g/mol. The summed E-state index contributed by atoms with van der Waals surface area (Å²) in [6.07, 6.45) is 7.34. The van der Waals surface area contributed by atoms with Crippen molar-refractivity contribution in [1.29, 1.82) is 0 Å². The van der Waals surface area contributed by atoms with Crippen molar-refractivity contribution in [1.82, 2.24) is 14.1 Å². The highest BCUT2D eigenvalue weighted by Crippen LogP contribution is 2.19. The fourth-order valence-corrected chi connectivity index (χ4v) is 3.60. The van der Waals surface area contributed by atoms with E-state index in [4.69, 9.17) is 0 Å². The number of hydrogen-bond acceptors (Lipinski definition) is 6. The third-order valence-corrected chi connectivity index (χ3v) is 5.51. The van der Waals surface area contributed by atoms with Crippen LogP contribution >= 0.6 is 0 Å². The van der Waals surface area contributed by atoms with Crippen LogP contribution < -0.4 is 37.6 Å². The van der Waals surface area contributed by atoms with Gasteiger partial charge in [0.2, 0.25) is 0 Å². The quantitative estimate of drug-likeness (QED) is 0.522. The average Bonchev–Trinajstić information content (AvgIpc) is 3.17. The van der Waals surface area contributed by atoms with Gasteiger partial charge in [-0.2, -0.15) is 5.01 Å². The Morgan fingerprint density at radius 2 is 1.68 bits per heavy atom. The minimum absolute atomic E-state index is 0.190. The molecule has 10 heteroatoms. The lowest BCUT2D eigenvalue weighted by Gasteiger charge is -2.13. The predicted molar refractivity (Wildman–Crippen MR) is 125 cm³/mol. The third-order valence-electron chi connectivity index (χ3n) is 5.51. The number of nitrogens with one attached hydrogen (secondary N) is 1. The molecule has 0 atom stereocenters. The lowest BCUT2D eigenvalue weighted by Crippen LogP contribution is -2.44. The first kappa shape index (κ1) is 22.5. The zero-order chi connectivity index (χ0) is 24.6. The normalized spacial score (nSPS) is 13.8. The summed E-state index contributed by atoms with van der Waals surface area (Å²) in [5, 5.41) is 18.0. The Labute approximate surface area is 192 Å². The van der Waals surface area contributed by atoms with Crippen molar-refractivity contribution in [2.75, 3.05) is 5.01 Å². The Kier molecular flexibility index (Phi) is 5.72. The summed E-state index contributed by atoms with van der Waals surface area (Å²) < 4.78 is 2.13. The van der Waals surface area contributed by atoms with Gasteiger partial charge in [0.1, 0.15) is 0 Å². The summed E-state index contributed by atoms with van der Waals surface area (Å²) in [5.41, 5.74) is -0.366. The average molecular weight is 458 g/mol. The van der Waals surface area contributed by atoms with Crippen LogP contribution in [0, 0.1) is 6.92 Å². The molecule has 0 spiro atoms. The zero-order valence-corrected chi connectivity index (χ0v) is 18.6. The van der Waals surface area contributed by atoms with E-state index >= 15 is 0 Å². The van der Waals surface area contributed by atoms with Crippen molar-refractivity contribution < 1.29 is 9.90 Å². The highest BCUT2D eigenvalue weighted by Gasteiger charge is 2.29. The molecule has 34 heavy (non-hydrogen) atoms. The number of benzene rings is 1. The van der Waals surface area contributed by atoms with Crippen molar-refractivity contribution in [3.63, 3.8) is 0 Å². The number of H-pyrrole nitrogens is 1. The molecule has 1 N–H and O–H groups in total. The van der Waals surface area contributed by atoms with E-state index in [1.807, 2.05) is 6.07 Å². The van der Waals surface area contributed by atoms with Crippen LogP contribution in [0.4, 0.5) is 5.69 Å². The maximum Gasteiger partial charge on any atom is 0.327 e. The number of para-hydroxylation sites is 1. The lowest BCUT2D eigenvalue weighted by molar-refractivity contribution is -0.279. The highest BCUT2D eigenvalue weighted by molar-refractivity contribution is 6.07. The van der Waals surface area contributed by atoms with E-state index in [0.717, 1.165) is 4.57 Å². The molecule has 3 aromatic rings. The highest BCUT2D eigenvalue weighted by atomic mass is 16.3. The largest absolute Gasteiger partial charge is 0.859 e. The lowest BCUT2D eigenvalue weighted by atomic mass is 10.1. The molecule has 1 aliphatic rings. The van der Waals surface area contributed by atoms with E-state index in [1.54, 1.807) is 50.4 Å². The van der Waals surface area contributed by atoms with Crippen LogP contribution in [0.1, 0.15) is 21.5 Å². The van der Waals surface area contributed by atoms with Crippen molar-refractivity contribution in [3.8, 4) is 5.88 Å². The Balaban J connectivity index is 1.71. The number of pyridine rings is 1. The molecule has 0 saturated carbocycles. The predicted octanol–water partition coefficient (Wildman–Crippen LogP) is -0.601. The molecular formula is C24H20N5O5-. The standard InChI is InChI=1S/C24H21N5O5/c1-14-16(12-8-5-9-13-17-20(30)25-24(34)28(3)22(17)32)21(31)27(2)19-18(14)23(33)29(26-19)15-10-6-4-7-11-15/h4-13,32H,1-3H3,(H,25,30,34)/p-1. The molecule has 2 aromatic heterocycles. The molecule has 4 rings (SSSR count). The summed E-state index contributed by atoms with van der Waals surface area (Å²) >= 11 is 0. The second-order valence-electron chi connectivity index (χ2n) is 7.60. The molecule has 172 valence electrons. The number of amides is 1. The molecule has 0 aliphatic carbocycles. The number of carbonyl (C=O) groups is 1. The number of rotatable bonds is 4. The van der Waals surface area contributed by atoms with E-state index < -0.39 is 17.1 Å². The van der Waals surface area contributed by atoms with Gasteiger partial charge >= 0.3 is 5.69 Å². The molecule has 0 unspecified atom stereocenters. The number of aromatic nitrogens is 3. The Morgan fingerprint density at radius 3 is 2.38 bits per heavy atom. The number of allylic oxidation sites excluding steroid dienone is 3. The van der Waals surface area contributed by atoms with Crippen molar-refractivity contribution in [2.24, 2.45) is 19.2 Å². The van der Waals surface area contributed by atoms with Gasteiger partial charge < -0.3 is 9.67 Å². The molecule has 1 aliphatic heterocycles. The number of fused-ring (bicyclic) bond motifs is 1. The van der Waals surface area contributed by atoms with Crippen LogP contribution in [-0.2, 0) is 14.1 Å². The van der Waals surface area contributed by atoms with Crippen molar-refractivity contribution in [2.45, 2.75) is 6.92 Å². The second-order valence-corrected chi connectivity index (χ2v) is 7.60. The van der Waals surface area contributed by atoms with Gasteiger partial charge in [-0.05, 0) is 42.7 Å². The Morgan fingerprint density at radius 1 is 0.971 bits per heavy atom. The van der Waals surface area contributed by atoms with Crippen LogP contribution in [0.3, 0.4) is 0 Å². The minimum atomic E-state index is -0.786. The van der Waals surface area contributed by atoms with E-state index in [1.165, 1.54) is 34.9 Å². The Hall–Kier alpha value is -4.73. The van der Waals surface area contributed by atoms with Crippen molar-refractivity contribution in [3.05, 3.63) is 107 Å². The van der Waals surface area contributed by atoms with Gasteiger partial charge in [-0.15, -0.1) is 5.10 Å². The van der Waals surface area contributed by atoms with Gasteiger partial charge in [0.15, 0.2) is 5.49 Å². The number of aromatic amines is 1. The molecule has 0 fully saturated rings. The van der Waals surface area contributed by atoms with Gasteiger partial charge in [-0.3, -0.25) is 23.9 Å². The summed E-state index contributed by atoms with van der Waals surface area (Å²) in [6, 6.07) is 8.93. The molecule has 0 saturated heterocycles. The SMILES string of the molecule is Cc1c2c(n(C)c(=O)c1=CC=CC=Cc1c([O-])n(C)c(=O)[nH]c1=O)=NN(c1ccccc1)C2=O. The number of carbonyl (C=O) groups excluding carboxylic acids is 1. The smallest absolute Gasteiger partial charge is 0.327 e. The van der Waals surface area contributed by atoms with Crippen LogP contribution in [0.15, 0.2) is 68.0 Å².